The molecule has 1 heterocycles. The molecule has 2 N–H and O–H groups in total. The first-order chi connectivity index (χ1) is 12.2. The van der Waals surface area contributed by atoms with Gasteiger partial charge in [-0.3, -0.25) is 0 Å². The van der Waals surface area contributed by atoms with Gasteiger partial charge in [-0.05, 0) is 37.5 Å². The SMILES string of the molecule is OC(CN=C(Nc1ccccc1)N1CCCCC1)c1ccccc1F. The summed E-state index contributed by atoms with van der Waals surface area (Å²) in [6.07, 6.45) is 2.53. The number of rotatable bonds is 4. The van der Waals surface area contributed by atoms with Gasteiger partial charge in [0.05, 0.1) is 6.54 Å². The molecule has 5 heteroatoms. The van der Waals surface area contributed by atoms with E-state index in [2.05, 4.69) is 15.2 Å². The van der Waals surface area contributed by atoms with Crippen LogP contribution >= 0.6 is 0 Å². The second kappa shape index (κ2) is 8.62. The monoisotopic (exact) mass is 341 g/mol. The normalized spacial score (nSPS) is 16.6. The van der Waals surface area contributed by atoms with Crippen molar-refractivity contribution in [2.24, 2.45) is 4.99 Å². The van der Waals surface area contributed by atoms with Crippen molar-refractivity contribution in [2.45, 2.75) is 25.4 Å². The van der Waals surface area contributed by atoms with E-state index in [9.17, 15) is 9.50 Å². The van der Waals surface area contributed by atoms with Crippen LogP contribution in [0.3, 0.4) is 0 Å². The third-order valence-corrected chi connectivity index (χ3v) is 4.36. The molecule has 1 fully saturated rings. The molecule has 2 aromatic carbocycles. The van der Waals surface area contributed by atoms with Gasteiger partial charge in [-0.15, -0.1) is 0 Å². The maximum atomic E-state index is 13.8. The Morgan fingerprint density at radius 3 is 2.44 bits per heavy atom. The van der Waals surface area contributed by atoms with Gasteiger partial charge < -0.3 is 15.3 Å². The van der Waals surface area contributed by atoms with Gasteiger partial charge in [-0.1, -0.05) is 36.4 Å². The van der Waals surface area contributed by atoms with Crippen LogP contribution in [0.15, 0.2) is 59.6 Å². The van der Waals surface area contributed by atoms with E-state index >= 15 is 0 Å². The first-order valence-electron chi connectivity index (χ1n) is 8.78. The van der Waals surface area contributed by atoms with Crippen molar-refractivity contribution < 1.29 is 9.50 Å². The van der Waals surface area contributed by atoms with Crippen molar-refractivity contribution >= 4 is 11.6 Å². The smallest absolute Gasteiger partial charge is 0.198 e. The lowest BCUT2D eigenvalue weighted by Crippen LogP contribution is -2.40. The summed E-state index contributed by atoms with van der Waals surface area (Å²) in [7, 11) is 0. The fraction of sp³-hybridized carbons (Fsp3) is 0.350. The number of likely N-dealkylation sites (tertiary alicyclic amines) is 1. The van der Waals surface area contributed by atoms with E-state index in [1.165, 1.54) is 12.5 Å². The van der Waals surface area contributed by atoms with E-state index in [4.69, 9.17) is 0 Å². The van der Waals surface area contributed by atoms with Crippen molar-refractivity contribution in [3.63, 3.8) is 0 Å². The third-order valence-electron chi connectivity index (χ3n) is 4.36. The van der Waals surface area contributed by atoms with Crippen LogP contribution in [0.1, 0.15) is 30.9 Å². The van der Waals surface area contributed by atoms with Crippen LogP contribution in [0.2, 0.25) is 0 Å². The summed E-state index contributed by atoms with van der Waals surface area (Å²) in [5.41, 5.74) is 1.23. The molecule has 2 aromatic rings. The lowest BCUT2D eigenvalue weighted by molar-refractivity contribution is 0.181. The molecular weight excluding hydrogens is 317 g/mol. The fourth-order valence-electron chi connectivity index (χ4n) is 2.99. The highest BCUT2D eigenvalue weighted by atomic mass is 19.1. The largest absolute Gasteiger partial charge is 0.386 e. The molecule has 25 heavy (non-hydrogen) atoms. The van der Waals surface area contributed by atoms with Crippen LogP contribution in [0.5, 0.6) is 0 Å². The van der Waals surface area contributed by atoms with Gasteiger partial charge >= 0.3 is 0 Å². The van der Waals surface area contributed by atoms with Gasteiger partial charge in [0, 0.05) is 24.3 Å². The van der Waals surface area contributed by atoms with Crippen molar-refractivity contribution in [1.82, 2.24) is 4.90 Å². The number of halogens is 1. The highest BCUT2D eigenvalue weighted by Crippen LogP contribution is 2.18. The molecule has 1 atom stereocenters. The average Bonchev–Trinajstić information content (AvgIpc) is 2.67. The van der Waals surface area contributed by atoms with Crippen molar-refractivity contribution in [2.75, 3.05) is 25.0 Å². The summed E-state index contributed by atoms with van der Waals surface area (Å²) in [6.45, 7) is 2.00. The number of anilines is 1. The molecule has 0 amide bonds. The zero-order valence-corrected chi connectivity index (χ0v) is 14.2. The maximum absolute atomic E-state index is 13.8. The number of para-hydroxylation sites is 1. The number of piperidine rings is 1. The molecule has 1 aliphatic rings. The van der Waals surface area contributed by atoms with E-state index in [0.717, 1.165) is 37.6 Å². The molecule has 1 saturated heterocycles. The third kappa shape index (κ3) is 4.79. The molecule has 0 spiro atoms. The number of aliphatic hydroxyl groups excluding tert-OH is 1. The molecule has 1 unspecified atom stereocenters. The van der Waals surface area contributed by atoms with Crippen LogP contribution in [0.4, 0.5) is 10.1 Å². The van der Waals surface area contributed by atoms with Crippen molar-refractivity contribution in [3.05, 3.63) is 66.0 Å². The molecule has 132 valence electrons. The molecule has 1 aliphatic heterocycles. The maximum Gasteiger partial charge on any atom is 0.198 e. The molecule has 0 aromatic heterocycles. The van der Waals surface area contributed by atoms with Gasteiger partial charge in [-0.25, -0.2) is 9.38 Å². The molecule has 0 radical (unpaired) electrons. The molecule has 0 saturated carbocycles. The molecule has 0 aliphatic carbocycles. The minimum Gasteiger partial charge on any atom is -0.386 e. The summed E-state index contributed by atoms with van der Waals surface area (Å²) in [6, 6.07) is 16.1. The number of aliphatic hydroxyl groups is 1. The summed E-state index contributed by atoms with van der Waals surface area (Å²) < 4.78 is 13.8. The van der Waals surface area contributed by atoms with Crippen LogP contribution < -0.4 is 5.32 Å². The Morgan fingerprint density at radius 2 is 1.72 bits per heavy atom. The van der Waals surface area contributed by atoms with Crippen molar-refractivity contribution in [3.8, 4) is 0 Å². The predicted octanol–water partition coefficient (Wildman–Crippen LogP) is 3.81. The van der Waals surface area contributed by atoms with Crippen LogP contribution in [0.25, 0.3) is 0 Å². The van der Waals surface area contributed by atoms with Gasteiger partial charge in [0.15, 0.2) is 5.96 Å². The van der Waals surface area contributed by atoms with Crippen molar-refractivity contribution in [1.29, 1.82) is 0 Å². The standard InChI is InChI=1S/C20H24FN3O/c21-18-12-6-5-11-17(18)19(25)15-22-20(24-13-7-2-8-14-24)23-16-9-3-1-4-10-16/h1,3-6,9-12,19,25H,2,7-8,13-15H2,(H,22,23). The van der Waals surface area contributed by atoms with E-state index in [1.807, 2.05) is 30.3 Å². The number of hydrogen-bond acceptors (Lipinski definition) is 2. The number of aliphatic imine (C=N–C) groups is 1. The Bertz CT molecular complexity index is 699. The Balaban J connectivity index is 1.75. The number of nitrogens with zero attached hydrogens (tertiary/aromatic N) is 2. The summed E-state index contributed by atoms with van der Waals surface area (Å²) in [4.78, 5) is 6.77. The van der Waals surface area contributed by atoms with Crippen LogP contribution in [-0.2, 0) is 0 Å². The minimum atomic E-state index is -0.960. The second-order valence-corrected chi connectivity index (χ2v) is 6.24. The molecular formula is C20H24FN3O. The summed E-state index contributed by atoms with van der Waals surface area (Å²) in [5, 5.41) is 13.7. The first kappa shape index (κ1) is 17.4. The lowest BCUT2D eigenvalue weighted by Gasteiger charge is -2.30. The molecule has 4 nitrogen and oxygen atoms in total. The van der Waals surface area contributed by atoms with Crippen LogP contribution in [-0.4, -0.2) is 35.6 Å². The predicted molar refractivity (Wildman–Crippen MR) is 99.2 cm³/mol. The zero-order chi connectivity index (χ0) is 17.5. The quantitative estimate of drug-likeness (QED) is 0.657. The van der Waals surface area contributed by atoms with E-state index < -0.39 is 11.9 Å². The average molecular weight is 341 g/mol. The van der Waals surface area contributed by atoms with Gasteiger partial charge in [-0.2, -0.15) is 0 Å². The minimum absolute atomic E-state index is 0.118. The lowest BCUT2D eigenvalue weighted by atomic mass is 10.1. The Morgan fingerprint density at radius 1 is 1.04 bits per heavy atom. The van der Waals surface area contributed by atoms with Gasteiger partial charge in [0.25, 0.3) is 0 Å². The number of hydrogen-bond donors (Lipinski definition) is 2. The fourth-order valence-corrected chi connectivity index (χ4v) is 2.99. The highest BCUT2D eigenvalue weighted by molar-refractivity contribution is 5.93. The molecule has 3 rings (SSSR count). The number of nitrogens with one attached hydrogen (secondary N) is 1. The number of benzene rings is 2. The van der Waals surface area contributed by atoms with Gasteiger partial charge in [0.1, 0.15) is 11.9 Å². The highest BCUT2D eigenvalue weighted by Gasteiger charge is 2.17. The zero-order valence-electron chi connectivity index (χ0n) is 14.2. The van der Waals surface area contributed by atoms with E-state index in [0.29, 0.717) is 0 Å². The molecule has 0 bridgehead atoms. The summed E-state index contributed by atoms with van der Waals surface area (Å²) >= 11 is 0. The summed E-state index contributed by atoms with van der Waals surface area (Å²) in [5.74, 6) is 0.335. The first-order valence-corrected chi connectivity index (χ1v) is 8.78. The topological polar surface area (TPSA) is 47.9 Å². The van der Waals surface area contributed by atoms with Crippen LogP contribution in [0, 0.1) is 5.82 Å². The Hall–Kier alpha value is -2.40. The Labute approximate surface area is 148 Å². The Kier molecular flexibility index (Phi) is 6.01. The number of guanidine groups is 1. The van der Waals surface area contributed by atoms with E-state index in [-0.39, 0.29) is 12.1 Å². The second-order valence-electron chi connectivity index (χ2n) is 6.24. The van der Waals surface area contributed by atoms with Gasteiger partial charge in [0.2, 0.25) is 0 Å². The van der Waals surface area contributed by atoms with E-state index in [1.54, 1.807) is 18.2 Å².